The third kappa shape index (κ3) is 8.64. The van der Waals surface area contributed by atoms with Crippen LogP contribution in [0.1, 0.15) is 95.1 Å². The van der Waals surface area contributed by atoms with E-state index in [1.54, 1.807) is 0 Å². The van der Waals surface area contributed by atoms with Gasteiger partial charge < -0.3 is 39.7 Å². The predicted molar refractivity (Wildman–Crippen MR) is 233 cm³/mol. The van der Waals surface area contributed by atoms with Gasteiger partial charge in [0.2, 0.25) is 11.8 Å². The smallest absolute Gasteiger partial charge is 0.409 e. The van der Waals surface area contributed by atoms with Gasteiger partial charge in [-0.05, 0) is 132 Å². The van der Waals surface area contributed by atoms with Crippen LogP contribution in [0.5, 0.6) is 0 Å². The minimum absolute atomic E-state index is 0.110. The number of piperidine rings is 2. The van der Waals surface area contributed by atoms with Crippen LogP contribution < -0.4 is 10.6 Å². The zero-order valence-corrected chi connectivity index (χ0v) is 36.6. The Labute approximate surface area is 362 Å². The highest BCUT2D eigenvalue weighted by Gasteiger charge is 2.56. The molecule has 2 aromatic carbocycles. The highest BCUT2D eigenvalue weighted by Crippen LogP contribution is 2.54. The third-order valence-electron chi connectivity index (χ3n) is 16.9. The standard InChI is InChI=1S/C25H35N3O3.C24H33N3O3/c1-2-31-23(30)28-11-8-24(18-28)15-20(16-24)27-12-9-25(10-13-27)17-22(29)26-21(25)14-19-6-4-3-5-7-19;1-30-22(29)27-10-7-23(17-27)14-19(15-23)26-11-8-24(9-12-26)16-21(28)25-20(24)13-18-5-3-2-4-6-18/h3-7,20-21H,2,8-18H2,1H3,(H,26,29);2-6,19-20H,7-17H2,1H3,(H,25,28). The van der Waals surface area contributed by atoms with Crippen molar-refractivity contribution < 1.29 is 28.7 Å². The molecule has 6 aliphatic heterocycles. The van der Waals surface area contributed by atoms with Crippen LogP contribution in [0.2, 0.25) is 0 Å². The molecule has 4 amide bonds. The Hall–Kier alpha value is -4.16. The number of hydrogen-bond acceptors (Lipinski definition) is 8. The molecule has 2 N–H and O–H groups in total. The summed E-state index contributed by atoms with van der Waals surface area (Å²) in [6.07, 6.45) is 14.3. The number of likely N-dealkylation sites (tertiary alicyclic amines) is 4. The van der Waals surface area contributed by atoms with Crippen LogP contribution >= 0.6 is 0 Å². The number of nitrogens with zero attached hydrogens (tertiary/aromatic N) is 4. The largest absolute Gasteiger partial charge is 0.453 e. The second-order valence-electron chi connectivity index (χ2n) is 20.4. The Bertz CT molecular complexity index is 1880. The summed E-state index contributed by atoms with van der Waals surface area (Å²) in [5.74, 6) is 0.447. The molecule has 8 fully saturated rings. The fourth-order valence-electron chi connectivity index (χ4n) is 13.2. The zero-order chi connectivity index (χ0) is 42.2. The van der Waals surface area contributed by atoms with Crippen LogP contribution in [0.3, 0.4) is 0 Å². The second kappa shape index (κ2) is 17.2. The topological polar surface area (TPSA) is 124 Å². The quantitative estimate of drug-likeness (QED) is 0.347. The van der Waals surface area contributed by atoms with Gasteiger partial charge in [-0.3, -0.25) is 9.59 Å². The zero-order valence-electron chi connectivity index (χ0n) is 36.6. The van der Waals surface area contributed by atoms with Crippen molar-refractivity contribution in [3.8, 4) is 0 Å². The van der Waals surface area contributed by atoms with E-state index in [-0.39, 0.29) is 46.9 Å². The molecule has 330 valence electrons. The van der Waals surface area contributed by atoms with E-state index in [1.807, 2.05) is 28.9 Å². The molecule has 10 rings (SSSR count). The van der Waals surface area contributed by atoms with Crippen molar-refractivity contribution >= 4 is 24.0 Å². The number of carbonyl (C=O) groups is 4. The van der Waals surface area contributed by atoms with Gasteiger partial charge in [0.1, 0.15) is 0 Å². The minimum atomic E-state index is -0.182. The molecule has 2 aromatic rings. The minimum Gasteiger partial charge on any atom is -0.453 e. The molecule has 4 spiro atoms. The molecular formula is C49H68N6O6. The molecule has 12 heteroatoms. The van der Waals surface area contributed by atoms with E-state index in [9.17, 15) is 19.2 Å². The van der Waals surface area contributed by atoms with Gasteiger partial charge in [-0.25, -0.2) is 9.59 Å². The van der Waals surface area contributed by atoms with E-state index in [2.05, 4.69) is 69.0 Å². The number of ether oxygens (including phenoxy) is 2. The molecule has 0 bridgehead atoms. The summed E-state index contributed by atoms with van der Waals surface area (Å²) in [4.78, 5) is 57.6. The molecule has 2 saturated carbocycles. The first-order valence-electron chi connectivity index (χ1n) is 23.4. The normalized spacial score (nSPS) is 32.6. The van der Waals surface area contributed by atoms with Crippen LogP contribution in [0.15, 0.2) is 60.7 Å². The number of hydrogen-bond donors (Lipinski definition) is 2. The summed E-state index contributed by atoms with van der Waals surface area (Å²) < 4.78 is 10.1. The number of benzene rings is 2. The average molecular weight is 837 g/mol. The molecule has 8 aliphatic rings. The summed E-state index contributed by atoms with van der Waals surface area (Å²) in [6, 6.07) is 22.9. The lowest BCUT2D eigenvalue weighted by molar-refractivity contribution is -0.121. The first kappa shape index (κ1) is 42.2. The predicted octanol–water partition coefficient (Wildman–Crippen LogP) is 6.03. The maximum atomic E-state index is 12.3. The van der Waals surface area contributed by atoms with Gasteiger partial charge in [0.05, 0.1) is 13.7 Å². The molecule has 12 nitrogen and oxygen atoms in total. The van der Waals surface area contributed by atoms with E-state index < -0.39 is 0 Å². The van der Waals surface area contributed by atoms with Crippen LogP contribution in [0.4, 0.5) is 9.59 Å². The Morgan fingerprint density at radius 2 is 1.02 bits per heavy atom. The molecule has 61 heavy (non-hydrogen) atoms. The van der Waals surface area contributed by atoms with Gasteiger partial charge in [-0.15, -0.1) is 0 Å². The van der Waals surface area contributed by atoms with Gasteiger partial charge in [-0.1, -0.05) is 60.7 Å². The lowest BCUT2D eigenvalue weighted by Gasteiger charge is -2.53. The fourth-order valence-corrected chi connectivity index (χ4v) is 13.2. The molecule has 2 atom stereocenters. The van der Waals surface area contributed by atoms with E-state index in [4.69, 9.17) is 9.47 Å². The lowest BCUT2D eigenvalue weighted by Crippen LogP contribution is -2.56. The van der Waals surface area contributed by atoms with E-state index in [1.165, 1.54) is 43.9 Å². The van der Waals surface area contributed by atoms with Crippen molar-refractivity contribution in [3.63, 3.8) is 0 Å². The summed E-state index contributed by atoms with van der Waals surface area (Å²) in [5, 5.41) is 6.58. The first-order valence-corrected chi connectivity index (χ1v) is 23.4. The van der Waals surface area contributed by atoms with Gasteiger partial charge in [0, 0.05) is 74.0 Å². The number of nitrogens with one attached hydrogen (secondary N) is 2. The Kier molecular flexibility index (Phi) is 11.9. The highest BCUT2D eigenvalue weighted by atomic mass is 16.6. The number of amides is 4. The van der Waals surface area contributed by atoms with Crippen molar-refractivity contribution in [1.29, 1.82) is 0 Å². The number of rotatable bonds is 7. The molecule has 2 unspecified atom stereocenters. The summed E-state index contributed by atoms with van der Waals surface area (Å²) >= 11 is 0. The molecular weight excluding hydrogens is 769 g/mol. The number of carbonyl (C=O) groups excluding carboxylic acids is 4. The summed E-state index contributed by atoms with van der Waals surface area (Å²) in [6.45, 7) is 10.0. The molecule has 0 radical (unpaired) electrons. The Morgan fingerprint density at radius 3 is 1.41 bits per heavy atom. The van der Waals surface area contributed by atoms with Gasteiger partial charge in [0.25, 0.3) is 0 Å². The second-order valence-corrected chi connectivity index (χ2v) is 20.4. The SMILES string of the molecule is CCOC(=O)N1CCC2(CC(N3CCC4(CC3)CC(=O)NC4Cc3ccccc3)C2)C1.COC(=O)N1CCC2(CC(N3CCC4(CC3)CC(=O)NC4Cc3ccccc3)C2)C1. The highest BCUT2D eigenvalue weighted by molar-refractivity contribution is 5.80. The monoisotopic (exact) mass is 837 g/mol. The van der Waals surface area contributed by atoms with Crippen LogP contribution in [0, 0.1) is 21.7 Å². The van der Waals surface area contributed by atoms with Crippen molar-refractivity contribution in [2.45, 2.75) is 121 Å². The van der Waals surface area contributed by atoms with Gasteiger partial charge in [-0.2, -0.15) is 0 Å². The fraction of sp³-hybridized carbons (Fsp3) is 0.673. The molecule has 0 aromatic heterocycles. The van der Waals surface area contributed by atoms with Gasteiger partial charge in [0.15, 0.2) is 0 Å². The average Bonchev–Trinajstić information content (AvgIpc) is 4.03. The van der Waals surface area contributed by atoms with E-state index in [0.717, 1.165) is 104 Å². The third-order valence-corrected chi connectivity index (χ3v) is 16.9. The Balaban J connectivity index is 0.000000156. The van der Waals surface area contributed by atoms with Crippen LogP contribution in [0.25, 0.3) is 0 Å². The maximum Gasteiger partial charge on any atom is 0.409 e. The van der Waals surface area contributed by atoms with E-state index >= 15 is 0 Å². The lowest BCUT2D eigenvalue weighted by atomic mass is 9.63. The Morgan fingerprint density at radius 1 is 0.607 bits per heavy atom. The summed E-state index contributed by atoms with van der Waals surface area (Å²) in [7, 11) is 1.47. The van der Waals surface area contributed by atoms with Crippen molar-refractivity contribution in [3.05, 3.63) is 71.8 Å². The molecule has 2 aliphatic carbocycles. The van der Waals surface area contributed by atoms with Gasteiger partial charge >= 0.3 is 12.2 Å². The maximum absolute atomic E-state index is 12.3. The van der Waals surface area contributed by atoms with Crippen LogP contribution in [-0.4, -0.2) is 134 Å². The molecule has 6 heterocycles. The van der Waals surface area contributed by atoms with E-state index in [0.29, 0.717) is 42.4 Å². The molecule has 6 saturated heterocycles. The first-order chi connectivity index (χ1) is 29.5. The van der Waals surface area contributed by atoms with Crippen molar-refractivity contribution in [1.82, 2.24) is 30.2 Å². The van der Waals surface area contributed by atoms with Crippen molar-refractivity contribution in [2.75, 3.05) is 66.1 Å². The van der Waals surface area contributed by atoms with Crippen molar-refractivity contribution in [2.24, 2.45) is 21.7 Å². The summed E-state index contributed by atoms with van der Waals surface area (Å²) in [5.41, 5.74) is 3.47. The van der Waals surface area contributed by atoms with Crippen LogP contribution in [-0.2, 0) is 31.9 Å². The number of methoxy groups -OCH3 is 1.